The van der Waals surface area contributed by atoms with E-state index in [0.717, 1.165) is 29.5 Å². The zero-order valence-electron chi connectivity index (χ0n) is 10.5. The lowest BCUT2D eigenvalue weighted by Crippen LogP contribution is -2.43. The first-order chi connectivity index (χ1) is 8.20. The summed E-state index contributed by atoms with van der Waals surface area (Å²) in [6.45, 7) is 0. The van der Waals surface area contributed by atoms with Gasteiger partial charge in [-0.15, -0.1) is 0 Å². The van der Waals surface area contributed by atoms with Gasteiger partial charge in [0.05, 0.1) is 5.69 Å². The average molecular weight is 231 g/mol. The molecule has 4 aliphatic carbocycles. The van der Waals surface area contributed by atoms with Crippen molar-refractivity contribution in [2.75, 3.05) is 5.73 Å². The van der Waals surface area contributed by atoms with Crippen molar-refractivity contribution in [3.63, 3.8) is 0 Å². The van der Waals surface area contributed by atoms with Crippen molar-refractivity contribution in [3.8, 4) is 0 Å². The maximum absolute atomic E-state index is 5.93. The largest absolute Gasteiger partial charge is 0.384 e. The minimum Gasteiger partial charge on any atom is -0.384 e. The highest BCUT2D eigenvalue weighted by Crippen LogP contribution is 2.59. The van der Waals surface area contributed by atoms with E-state index in [9.17, 15) is 0 Å². The van der Waals surface area contributed by atoms with Crippen LogP contribution in [0.4, 0.5) is 5.82 Å². The van der Waals surface area contributed by atoms with Crippen LogP contribution < -0.4 is 5.73 Å². The standard InChI is InChI=1S/C14H21N3/c1-17-13(15)7-12(16-17)14-10-3-8-2-9(5-10)6-11(14)4-8/h7-11,14H,2-6,15H2,1H3. The maximum atomic E-state index is 5.93. The summed E-state index contributed by atoms with van der Waals surface area (Å²) in [7, 11) is 1.95. The van der Waals surface area contributed by atoms with Crippen molar-refractivity contribution in [2.45, 2.75) is 38.0 Å². The normalized spacial score (nSPS) is 43.2. The molecule has 1 heterocycles. The van der Waals surface area contributed by atoms with Gasteiger partial charge in [-0.3, -0.25) is 4.68 Å². The fourth-order valence-corrected chi connectivity index (χ4v) is 5.08. The van der Waals surface area contributed by atoms with Crippen LogP contribution in [0.15, 0.2) is 6.07 Å². The second-order valence-electron chi connectivity index (χ2n) is 6.57. The molecule has 0 aromatic carbocycles. The molecular weight excluding hydrogens is 210 g/mol. The van der Waals surface area contributed by atoms with E-state index in [1.54, 1.807) is 0 Å². The van der Waals surface area contributed by atoms with E-state index >= 15 is 0 Å². The third kappa shape index (κ3) is 1.37. The Kier molecular flexibility index (Phi) is 1.92. The summed E-state index contributed by atoms with van der Waals surface area (Å²) in [4.78, 5) is 0. The van der Waals surface area contributed by atoms with E-state index < -0.39 is 0 Å². The number of aromatic nitrogens is 2. The van der Waals surface area contributed by atoms with Gasteiger partial charge in [-0.25, -0.2) is 0 Å². The first-order valence-corrected chi connectivity index (χ1v) is 7.00. The fraction of sp³-hybridized carbons (Fsp3) is 0.786. The Bertz CT molecular complexity index is 401. The van der Waals surface area contributed by atoms with Crippen LogP contribution >= 0.6 is 0 Å². The number of anilines is 1. The van der Waals surface area contributed by atoms with Crippen molar-refractivity contribution in [1.29, 1.82) is 0 Å². The third-order valence-corrected chi connectivity index (χ3v) is 5.50. The summed E-state index contributed by atoms with van der Waals surface area (Å²) in [5, 5.41) is 4.65. The predicted molar refractivity (Wildman–Crippen MR) is 67.4 cm³/mol. The Morgan fingerprint density at radius 3 is 2.18 bits per heavy atom. The van der Waals surface area contributed by atoms with Gasteiger partial charge in [0.1, 0.15) is 5.82 Å². The average Bonchev–Trinajstić information content (AvgIpc) is 2.57. The molecule has 0 unspecified atom stereocenters. The first kappa shape index (κ1) is 9.98. The van der Waals surface area contributed by atoms with Gasteiger partial charge in [-0.2, -0.15) is 5.10 Å². The van der Waals surface area contributed by atoms with Crippen molar-refractivity contribution < 1.29 is 0 Å². The van der Waals surface area contributed by atoms with Crippen LogP contribution in [0.3, 0.4) is 0 Å². The predicted octanol–water partition coefficient (Wildman–Crippen LogP) is 2.54. The maximum Gasteiger partial charge on any atom is 0.121 e. The number of nitrogens with two attached hydrogens (primary N) is 1. The molecular formula is C14H21N3. The Hall–Kier alpha value is -0.990. The Labute approximate surface area is 102 Å². The molecule has 0 amide bonds. The third-order valence-electron chi connectivity index (χ3n) is 5.50. The molecule has 3 heteroatoms. The second-order valence-corrected chi connectivity index (χ2v) is 6.57. The van der Waals surface area contributed by atoms with Crippen LogP contribution in [-0.4, -0.2) is 9.78 Å². The number of aryl methyl sites for hydroxylation is 1. The highest BCUT2D eigenvalue weighted by atomic mass is 15.3. The van der Waals surface area contributed by atoms with E-state index in [0.29, 0.717) is 5.92 Å². The van der Waals surface area contributed by atoms with Crippen LogP contribution in [-0.2, 0) is 7.05 Å². The smallest absolute Gasteiger partial charge is 0.121 e. The van der Waals surface area contributed by atoms with Crippen molar-refractivity contribution in [2.24, 2.45) is 30.7 Å². The lowest BCUT2D eigenvalue weighted by molar-refractivity contribution is -0.00430. The van der Waals surface area contributed by atoms with Gasteiger partial charge >= 0.3 is 0 Å². The Morgan fingerprint density at radius 1 is 1.12 bits per heavy atom. The summed E-state index contributed by atoms with van der Waals surface area (Å²) < 4.78 is 1.83. The Balaban J connectivity index is 1.70. The van der Waals surface area contributed by atoms with E-state index in [2.05, 4.69) is 11.2 Å². The number of nitrogens with zero attached hydrogens (tertiary/aromatic N) is 2. The summed E-state index contributed by atoms with van der Waals surface area (Å²) in [5.74, 6) is 5.41. The molecule has 0 radical (unpaired) electrons. The lowest BCUT2D eigenvalue weighted by Gasteiger charge is -2.54. The minimum atomic E-state index is 0.714. The van der Waals surface area contributed by atoms with Crippen molar-refractivity contribution in [3.05, 3.63) is 11.8 Å². The molecule has 4 aliphatic rings. The van der Waals surface area contributed by atoms with Gasteiger partial charge in [0, 0.05) is 19.0 Å². The topological polar surface area (TPSA) is 43.8 Å². The zero-order valence-corrected chi connectivity index (χ0v) is 10.5. The molecule has 4 bridgehead atoms. The fourth-order valence-electron chi connectivity index (χ4n) is 5.08. The highest BCUT2D eigenvalue weighted by molar-refractivity contribution is 5.33. The molecule has 3 nitrogen and oxygen atoms in total. The minimum absolute atomic E-state index is 0.714. The van der Waals surface area contributed by atoms with Gasteiger partial charge < -0.3 is 5.73 Å². The molecule has 4 fully saturated rings. The highest BCUT2D eigenvalue weighted by Gasteiger charge is 2.49. The van der Waals surface area contributed by atoms with Gasteiger partial charge in [-0.1, -0.05) is 0 Å². The summed E-state index contributed by atoms with van der Waals surface area (Å²) in [6.07, 6.45) is 7.33. The van der Waals surface area contributed by atoms with E-state index in [4.69, 9.17) is 5.73 Å². The molecule has 5 rings (SSSR count). The van der Waals surface area contributed by atoms with Crippen LogP contribution in [0.2, 0.25) is 0 Å². The van der Waals surface area contributed by atoms with Crippen molar-refractivity contribution >= 4 is 5.82 Å². The number of nitrogen functional groups attached to an aromatic ring is 1. The summed E-state index contributed by atoms with van der Waals surface area (Å²) >= 11 is 0. The second kappa shape index (κ2) is 3.27. The van der Waals surface area contributed by atoms with Crippen LogP contribution in [0.1, 0.15) is 43.7 Å². The molecule has 2 N–H and O–H groups in total. The van der Waals surface area contributed by atoms with Crippen LogP contribution in [0.25, 0.3) is 0 Å². The molecule has 17 heavy (non-hydrogen) atoms. The molecule has 4 saturated carbocycles. The molecule has 1 aromatic rings. The quantitative estimate of drug-likeness (QED) is 0.807. The molecule has 1 aromatic heterocycles. The van der Waals surface area contributed by atoms with Gasteiger partial charge in [0.2, 0.25) is 0 Å². The molecule has 92 valence electrons. The molecule has 0 saturated heterocycles. The first-order valence-electron chi connectivity index (χ1n) is 7.00. The van der Waals surface area contributed by atoms with Crippen molar-refractivity contribution in [1.82, 2.24) is 9.78 Å². The number of rotatable bonds is 1. The van der Waals surface area contributed by atoms with Gasteiger partial charge in [-0.05, 0) is 55.8 Å². The number of hydrogen-bond donors (Lipinski definition) is 1. The zero-order chi connectivity index (χ0) is 11.6. The van der Waals surface area contributed by atoms with Gasteiger partial charge in [0.15, 0.2) is 0 Å². The van der Waals surface area contributed by atoms with Crippen LogP contribution in [0.5, 0.6) is 0 Å². The van der Waals surface area contributed by atoms with E-state index in [1.165, 1.54) is 37.8 Å². The SMILES string of the molecule is Cn1nc(C2C3CC4CC(C3)CC2C4)cc1N. The molecule has 0 aliphatic heterocycles. The molecule has 0 atom stereocenters. The monoisotopic (exact) mass is 231 g/mol. The van der Waals surface area contributed by atoms with E-state index in [-0.39, 0.29) is 0 Å². The van der Waals surface area contributed by atoms with Crippen LogP contribution in [0, 0.1) is 23.7 Å². The lowest BCUT2D eigenvalue weighted by atomic mass is 9.51. The Morgan fingerprint density at radius 2 is 1.71 bits per heavy atom. The summed E-state index contributed by atoms with van der Waals surface area (Å²) in [5.41, 5.74) is 7.21. The molecule has 0 spiro atoms. The van der Waals surface area contributed by atoms with E-state index in [1.807, 2.05) is 11.7 Å². The number of hydrogen-bond acceptors (Lipinski definition) is 2. The summed E-state index contributed by atoms with van der Waals surface area (Å²) in [6, 6.07) is 2.12. The van der Waals surface area contributed by atoms with Gasteiger partial charge in [0.25, 0.3) is 0 Å².